The molecule has 38 heavy (non-hydrogen) atoms. The second-order valence-corrected chi connectivity index (χ2v) is 12.5. The molecule has 0 bridgehead atoms. The van der Waals surface area contributed by atoms with Crippen LogP contribution < -0.4 is 10.2 Å². The predicted octanol–water partition coefficient (Wildman–Crippen LogP) is 6.57. The van der Waals surface area contributed by atoms with Crippen LogP contribution in [0.15, 0.2) is 28.7 Å². The Morgan fingerprint density at radius 1 is 1.13 bits per heavy atom. The maximum absolute atomic E-state index is 13.1. The van der Waals surface area contributed by atoms with Gasteiger partial charge in [-0.15, -0.1) is 11.3 Å². The van der Waals surface area contributed by atoms with Gasteiger partial charge in [0.15, 0.2) is 5.76 Å². The number of carbonyl (C=O) groups excluding carboxylic acids is 2. The lowest BCUT2D eigenvalue weighted by Gasteiger charge is -2.42. The highest BCUT2D eigenvalue weighted by molar-refractivity contribution is 7.18. The molecule has 1 N–H and O–H groups in total. The number of hydrogen-bond donors (Lipinski definition) is 1. The lowest BCUT2D eigenvalue weighted by molar-refractivity contribution is 0.0607. The van der Waals surface area contributed by atoms with Gasteiger partial charge in [0.05, 0.1) is 12.8 Å². The van der Waals surface area contributed by atoms with Crippen LogP contribution in [-0.4, -0.2) is 33.1 Å². The van der Waals surface area contributed by atoms with E-state index in [0.29, 0.717) is 17.2 Å². The van der Waals surface area contributed by atoms with Crippen molar-refractivity contribution in [1.29, 1.82) is 5.26 Å². The van der Waals surface area contributed by atoms with Gasteiger partial charge < -0.3 is 19.4 Å². The normalized spacial score (nSPS) is 15.3. The topological polar surface area (TPSA) is 95.6 Å². The van der Waals surface area contributed by atoms with Gasteiger partial charge in [0, 0.05) is 20.5 Å². The molecule has 1 aromatic carbocycles. The van der Waals surface area contributed by atoms with Crippen LogP contribution in [0.25, 0.3) is 0 Å². The fourth-order valence-corrected chi connectivity index (χ4v) is 6.16. The van der Waals surface area contributed by atoms with Crippen molar-refractivity contribution in [3.63, 3.8) is 0 Å². The van der Waals surface area contributed by atoms with Crippen molar-refractivity contribution in [2.75, 3.05) is 31.4 Å². The summed E-state index contributed by atoms with van der Waals surface area (Å²) < 4.78 is 10.8. The standard InChI is InChI=1S/C30H35N3O4S/c1-17-13-21-22(30(4,5)12-11-29(21,2)3)15-18(17)14-19-9-10-23(37-19)26(34)32-24-20(16-31)27(33(6)7)38-25(24)28(35)36-8/h9-10,13,15H,11-12,14H2,1-8H3,(H,32,34). The molecule has 2 heterocycles. The number of anilines is 2. The molecular weight excluding hydrogens is 498 g/mol. The van der Waals surface area contributed by atoms with Crippen LogP contribution in [-0.2, 0) is 22.0 Å². The summed E-state index contributed by atoms with van der Waals surface area (Å²) >= 11 is 1.09. The molecule has 200 valence electrons. The minimum absolute atomic E-state index is 0.100. The Balaban J connectivity index is 1.61. The molecule has 7 nitrogen and oxygen atoms in total. The van der Waals surface area contributed by atoms with Gasteiger partial charge in [-0.3, -0.25) is 4.79 Å². The third-order valence-electron chi connectivity index (χ3n) is 7.58. The number of esters is 1. The van der Waals surface area contributed by atoms with E-state index in [-0.39, 0.29) is 32.7 Å². The second kappa shape index (κ2) is 9.95. The number of rotatable bonds is 6. The van der Waals surface area contributed by atoms with E-state index < -0.39 is 11.9 Å². The average molecular weight is 534 g/mol. The summed E-state index contributed by atoms with van der Waals surface area (Å²) in [4.78, 5) is 27.4. The first-order valence-corrected chi connectivity index (χ1v) is 13.5. The zero-order chi connectivity index (χ0) is 28.0. The zero-order valence-electron chi connectivity index (χ0n) is 23.4. The number of thiophene rings is 1. The quantitative estimate of drug-likeness (QED) is 0.360. The molecule has 0 fully saturated rings. The molecule has 2 aromatic heterocycles. The molecule has 0 spiro atoms. The van der Waals surface area contributed by atoms with E-state index in [1.165, 1.54) is 29.4 Å². The van der Waals surface area contributed by atoms with Gasteiger partial charge >= 0.3 is 5.97 Å². The van der Waals surface area contributed by atoms with Crippen LogP contribution in [0.1, 0.15) is 94.3 Å². The minimum atomic E-state index is -0.621. The highest BCUT2D eigenvalue weighted by Gasteiger charge is 2.37. The zero-order valence-corrected chi connectivity index (χ0v) is 24.2. The van der Waals surface area contributed by atoms with E-state index in [1.807, 2.05) is 0 Å². The molecule has 1 amide bonds. The van der Waals surface area contributed by atoms with Crippen molar-refractivity contribution in [3.05, 3.63) is 68.5 Å². The van der Waals surface area contributed by atoms with Crippen molar-refractivity contribution < 1.29 is 18.7 Å². The fraction of sp³-hybridized carbons (Fsp3) is 0.433. The third-order valence-corrected chi connectivity index (χ3v) is 8.91. The van der Waals surface area contributed by atoms with Crippen LogP contribution >= 0.6 is 11.3 Å². The summed E-state index contributed by atoms with van der Waals surface area (Å²) in [6, 6.07) is 10.1. The van der Waals surface area contributed by atoms with E-state index in [2.05, 4.69) is 58.1 Å². The van der Waals surface area contributed by atoms with Crippen molar-refractivity contribution >= 4 is 33.9 Å². The highest BCUT2D eigenvalue weighted by atomic mass is 32.1. The van der Waals surface area contributed by atoms with Gasteiger partial charge in [0.25, 0.3) is 5.91 Å². The van der Waals surface area contributed by atoms with Gasteiger partial charge in [-0.05, 0) is 65.0 Å². The predicted molar refractivity (Wildman–Crippen MR) is 151 cm³/mol. The van der Waals surface area contributed by atoms with E-state index in [0.717, 1.165) is 24.2 Å². The van der Waals surface area contributed by atoms with E-state index in [1.54, 1.807) is 31.1 Å². The lowest BCUT2D eigenvalue weighted by atomic mass is 9.62. The first-order chi connectivity index (χ1) is 17.8. The van der Waals surface area contributed by atoms with Crippen LogP contribution in [0, 0.1) is 18.3 Å². The second-order valence-electron chi connectivity index (χ2n) is 11.5. The Hall–Kier alpha value is -3.57. The maximum Gasteiger partial charge on any atom is 0.350 e. The molecule has 0 saturated carbocycles. The van der Waals surface area contributed by atoms with E-state index in [4.69, 9.17) is 9.15 Å². The Labute approximate surface area is 228 Å². The molecule has 0 radical (unpaired) electrons. The highest BCUT2D eigenvalue weighted by Crippen LogP contribution is 2.46. The number of aryl methyl sites for hydroxylation is 1. The summed E-state index contributed by atoms with van der Waals surface area (Å²) in [5.41, 5.74) is 5.75. The van der Waals surface area contributed by atoms with Gasteiger partial charge in [-0.2, -0.15) is 5.26 Å². The Morgan fingerprint density at radius 3 is 2.34 bits per heavy atom. The van der Waals surface area contributed by atoms with Gasteiger partial charge in [0.1, 0.15) is 27.3 Å². The molecule has 0 unspecified atom stereocenters. The number of hydrogen-bond acceptors (Lipinski definition) is 7. The number of ether oxygens (including phenoxy) is 1. The summed E-state index contributed by atoms with van der Waals surface area (Å²) in [6.45, 7) is 11.4. The summed E-state index contributed by atoms with van der Waals surface area (Å²) in [5, 5.41) is 13.0. The molecule has 1 aliphatic carbocycles. The fourth-order valence-electron chi connectivity index (χ4n) is 5.11. The van der Waals surface area contributed by atoms with E-state index >= 15 is 0 Å². The number of amides is 1. The average Bonchev–Trinajstić information content (AvgIpc) is 3.47. The number of benzene rings is 1. The van der Waals surface area contributed by atoms with Crippen molar-refractivity contribution in [2.24, 2.45) is 0 Å². The summed E-state index contributed by atoms with van der Waals surface area (Å²) in [7, 11) is 4.80. The first-order valence-electron chi connectivity index (χ1n) is 12.7. The largest absolute Gasteiger partial charge is 0.465 e. The van der Waals surface area contributed by atoms with Gasteiger partial charge in [-0.25, -0.2) is 4.79 Å². The molecule has 1 aliphatic rings. The number of nitrogens with zero attached hydrogens (tertiary/aromatic N) is 2. The van der Waals surface area contributed by atoms with Crippen LogP contribution in [0.3, 0.4) is 0 Å². The minimum Gasteiger partial charge on any atom is -0.465 e. The summed E-state index contributed by atoms with van der Waals surface area (Å²) in [5.74, 6) is -0.386. The van der Waals surface area contributed by atoms with Crippen LogP contribution in [0.4, 0.5) is 10.7 Å². The smallest absolute Gasteiger partial charge is 0.350 e. The Bertz CT molecular complexity index is 1450. The van der Waals surface area contributed by atoms with Crippen LogP contribution in [0.5, 0.6) is 0 Å². The number of fused-ring (bicyclic) bond motifs is 1. The number of nitrogens with one attached hydrogen (secondary N) is 1. The third kappa shape index (κ3) is 4.95. The molecular formula is C30H35N3O4S. The monoisotopic (exact) mass is 533 g/mol. The number of furan rings is 1. The SMILES string of the molecule is COC(=O)c1sc(N(C)C)c(C#N)c1NC(=O)c1ccc(Cc2cc3c(cc2C)C(C)(C)CCC3(C)C)o1. The van der Waals surface area contributed by atoms with Crippen molar-refractivity contribution in [1.82, 2.24) is 0 Å². The van der Waals surface area contributed by atoms with Gasteiger partial charge in [-0.1, -0.05) is 39.8 Å². The number of carbonyl (C=O) groups is 2. The molecule has 0 saturated heterocycles. The van der Waals surface area contributed by atoms with Crippen molar-refractivity contribution in [2.45, 2.75) is 64.7 Å². The maximum atomic E-state index is 13.1. The first kappa shape index (κ1) is 27.5. The molecule has 0 aliphatic heterocycles. The lowest BCUT2D eigenvalue weighted by Crippen LogP contribution is -2.34. The number of methoxy groups -OCH3 is 1. The van der Waals surface area contributed by atoms with Crippen LogP contribution in [0.2, 0.25) is 0 Å². The van der Waals surface area contributed by atoms with E-state index in [9.17, 15) is 14.9 Å². The van der Waals surface area contributed by atoms with Gasteiger partial charge in [0.2, 0.25) is 0 Å². The Morgan fingerprint density at radius 2 is 1.76 bits per heavy atom. The number of nitriles is 1. The summed E-state index contributed by atoms with van der Waals surface area (Å²) in [6.07, 6.45) is 2.85. The molecule has 8 heteroatoms. The Kier molecular flexibility index (Phi) is 7.19. The molecule has 4 rings (SSSR count). The molecule has 0 atom stereocenters. The van der Waals surface area contributed by atoms with Crippen molar-refractivity contribution in [3.8, 4) is 6.07 Å². The molecule has 3 aromatic rings.